The highest BCUT2D eigenvalue weighted by atomic mass is 16.4. The Morgan fingerprint density at radius 2 is 1.05 bits per heavy atom. The second-order valence-electron chi connectivity index (χ2n) is 8.09. The molecule has 41 heavy (non-hydrogen) atoms. The second kappa shape index (κ2) is 25.7. The summed E-state index contributed by atoms with van der Waals surface area (Å²) in [5.74, 6) is -4.16. The van der Waals surface area contributed by atoms with E-state index in [0.717, 1.165) is 5.56 Å². The van der Waals surface area contributed by atoms with Crippen LogP contribution in [0.2, 0.25) is 0 Å². The molecule has 0 aromatic heterocycles. The molecule has 0 aliphatic carbocycles. The van der Waals surface area contributed by atoms with Gasteiger partial charge in [0.25, 0.3) is 0 Å². The highest BCUT2D eigenvalue weighted by Gasteiger charge is 2.11. The number of hydrogen-bond acceptors (Lipinski definition) is 10. The monoisotopic (exact) mass is 588 g/mol. The van der Waals surface area contributed by atoms with Crippen molar-refractivity contribution in [2.24, 2.45) is 34.4 Å². The van der Waals surface area contributed by atoms with Gasteiger partial charge in [0, 0.05) is 13.1 Å². The summed E-state index contributed by atoms with van der Waals surface area (Å²) in [6, 6.07) is 6.90. The first-order valence-electron chi connectivity index (χ1n) is 12.1. The topological polar surface area (TPSA) is 377 Å². The lowest BCUT2D eigenvalue weighted by Crippen LogP contribution is -2.34. The Morgan fingerprint density at radius 3 is 1.32 bits per heavy atom. The average Bonchev–Trinajstić information content (AvgIpc) is 2.90. The molecule has 18 heteroatoms. The highest BCUT2D eigenvalue weighted by molar-refractivity contribution is 5.75. The average molecular weight is 589 g/mol. The Morgan fingerprint density at radius 1 is 0.707 bits per heavy atom. The second-order valence-corrected chi connectivity index (χ2v) is 8.09. The normalized spacial score (nSPS) is 11.6. The van der Waals surface area contributed by atoms with E-state index in [-0.39, 0.29) is 18.5 Å². The van der Waals surface area contributed by atoms with E-state index in [1.54, 1.807) is 0 Å². The molecule has 0 aliphatic heterocycles. The molecule has 0 aliphatic rings. The van der Waals surface area contributed by atoms with Gasteiger partial charge in [-0.05, 0) is 37.7 Å². The Hall–Kier alpha value is -4.52. The Kier molecular flexibility index (Phi) is 25.7. The van der Waals surface area contributed by atoms with Crippen LogP contribution in [0, 0.1) is 10.8 Å². The van der Waals surface area contributed by atoms with Gasteiger partial charge in [0.1, 0.15) is 18.1 Å². The maximum Gasteiger partial charge on any atom is 0.320 e. The van der Waals surface area contributed by atoms with Crippen molar-refractivity contribution in [3.05, 3.63) is 35.9 Å². The first kappa shape index (κ1) is 41.0. The van der Waals surface area contributed by atoms with E-state index in [1.165, 1.54) is 0 Å². The predicted molar refractivity (Wildman–Crippen MR) is 152 cm³/mol. The van der Waals surface area contributed by atoms with Crippen LogP contribution >= 0.6 is 0 Å². The third-order valence-electron chi connectivity index (χ3n) is 4.44. The van der Waals surface area contributed by atoms with Gasteiger partial charge in [-0.15, -0.1) is 0 Å². The lowest BCUT2D eigenvalue weighted by atomic mass is 10.1. The Bertz CT molecular complexity index is 883. The maximum atomic E-state index is 10.4. The van der Waals surface area contributed by atoms with Crippen molar-refractivity contribution in [3.63, 3.8) is 0 Å². The Labute approximate surface area is 237 Å². The lowest BCUT2D eigenvalue weighted by Gasteiger charge is -2.06. The predicted octanol–water partition coefficient (Wildman–Crippen LogP) is -3.01. The molecular weight excluding hydrogens is 544 g/mol. The van der Waals surface area contributed by atoms with Crippen molar-refractivity contribution in [2.45, 2.75) is 50.2 Å². The number of carboxylic acid groups (broad SMARTS) is 4. The minimum atomic E-state index is -1.00. The van der Waals surface area contributed by atoms with Gasteiger partial charge < -0.3 is 65.5 Å². The molecule has 0 heterocycles. The number of hydrogen-bond donors (Lipinski definition) is 14. The number of benzene rings is 1. The first-order chi connectivity index (χ1) is 19.0. The molecule has 0 saturated carbocycles. The molecule has 0 spiro atoms. The van der Waals surface area contributed by atoms with Crippen LogP contribution in [-0.4, -0.2) is 94.0 Å². The molecule has 0 bridgehead atoms. The van der Waals surface area contributed by atoms with Gasteiger partial charge in [-0.3, -0.25) is 30.0 Å². The molecule has 20 N–H and O–H groups in total. The molecule has 0 amide bonds. The zero-order valence-corrected chi connectivity index (χ0v) is 22.7. The zero-order valence-electron chi connectivity index (χ0n) is 22.7. The van der Waals surface area contributed by atoms with Crippen molar-refractivity contribution < 1.29 is 39.6 Å². The summed E-state index contributed by atoms with van der Waals surface area (Å²) in [7, 11) is 0. The first-order valence-corrected chi connectivity index (χ1v) is 12.1. The minimum absolute atomic E-state index is 0.112. The number of rotatable bonds is 14. The van der Waals surface area contributed by atoms with Crippen molar-refractivity contribution in [3.8, 4) is 0 Å². The van der Waals surface area contributed by atoms with Gasteiger partial charge in [-0.2, -0.15) is 0 Å². The fourth-order valence-electron chi connectivity index (χ4n) is 2.29. The number of carboxylic acids is 4. The van der Waals surface area contributed by atoms with E-state index in [1.807, 2.05) is 30.3 Å². The summed E-state index contributed by atoms with van der Waals surface area (Å²) in [6.45, 7) is 0.687. The van der Waals surface area contributed by atoms with Crippen LogP contribution in [0.4, 0.5) is 0 Å². The highest BCUT2D eigenvalue weighted by Crippen LogP contribution is 2.01. The van der Waals surface area contributed by atoms with Crippen LogP contribution < -0.4 is 45.0 Å². The SMILES string of the molecule is N=C(N)NCCCC(N)C(=O)O.N=C(N)NCCCC(N)C(=O)O.NC(Cc1ccccc1)C(=O)O.NCC(=O)O. The molecule has 3 atom stereocenters. The fraction of sp³-hybridized carbons (Fsp3) is 0.478. The molecule has 0 radical (unpaired) electrons. The van der Waals surface area contributed by atoms with E-state index in [9.17, 15) is 19.2 Å². The van der Waals surface area contributed by atoms with Crippen molar-refractivity contribution in [1.29, 1.82) is 10.8 Å². The summed E-state index contributed by atoms with van der Waals surface area (Å²) in [6.07, 6.45) is 2.33. The van der Waals surface area contributed by atoms with Gasteiger partial charge in [-0.25, -0.2) is 0 Å². The van der Waals surface area contributed by atoms with Gasteiger partial charge in [-0.1, -0.05) is 30.3 Å². The van der Waals surface area contributed by atoms with E-state index in [0.29, 0.717) is 45.2 Å². The number of carbonyl (C=O) groups is 4. The summed E-state index contributed by atoms with van der Waals surface area (Å²) in [4.78, 5) is 40.1. The molecule has 1 rings (SSSR count). The van der Waals surface area contributed by atoms with Crippen LogP contribution in [0.3, 0.4) is 0 Å². The number of nitrogens with two attached hydrogens (primary N) is 6. The maximum absolute atomic E-state index is 10.4. The zero-order chi connectivity index (χ0) is 32.4. The molecule has 234 valence electrons. The van der Waals surface area contributed by atoms with Gasteiger partial charge in [0.2, 0.25) is 0 Å². The smallest absolute Gasteiger partial charge is 0.320 e. The Balaban J connectivity index is -0.000000488. The summed E-state index contributed by atoms with van der Waals surface area (Å²) >= 11 is 0. The van der Waals surface area contributed by atoms with E-state index < -0.39 is 42.0 Å². The largest absolute Gasteiger partial charge is 0.480 e. The fourth-order valence-corrected chi connectivity index (χ4v) is 2.29. The van der Waals surface area contributed by atoms with Crippen LogP contribution in [0.15, 0.2) is 30.3 Å². The number of aliphatic carboxylic acids is 4. The molecule has 1 aromatic rings. The van der Waals surface area contributed by atoms with E-state index in [2.05, 4.69) is 16.4 Å². The minimum Gasteiger partial charge on any atom is -0.480 e. The van der Waals surface area contributed by atoms with Crippen LogP contribution in [-0.2, 0) is 25.6 Å². The third kappa shape index (κ3) is 31.6. The van der Waals surface area contributed by atoms with Crippen LogP contribution in [0.5, 0.6) is 0 Å². The lowest BCUT2D eigenvalue weighted by molar-refractivity contribution is -0.139. The summed E-state index contributed by atoms with van der Waals surface area (Å²) in [5.41, 5.74) is 31.3. The van der Waals surface area contributed by atoms with Crippen molar-refractivity contribution >= 4 is 35.8 Å². The van der Waals surface area contributed by atoms with Gasteiger partial charge >= 0.3 is 23.9 Å². The van der Waals surface area contributed by atoms with Crippen molar-refractivity contribution in [2.75, 3.05) is 19.6 Å². The van der Waals surface area contributed by atoms with Crippen LogP contribution in [0.1, 0.15) is 31.2 Å². The molecular formula is C23H44N10O8. The quantitative estimate of drug-likeness (QED) is 0.0584. The van der Waals surface area contributed by atoms with Gasteiger partial charge in [0.05, 0.1) is 6.54 Å². The van der Waals surface area contributed by atoms with Gasteiger partial charge in [0.15, 0.2) is 11.9 Å². The molecule has 18 nitrogen and oxygen atoms in total. The summed E-state index contributed by atoms with van der Waals surface area (Å²) in [5, 5.41) is 51.5. The number of guanidine groups is 2. The standard InChI is InChI=1S/C9H11NO2.2C6H14N4O2.C2H5NO2/c10-8(9(11)12)6-7-4-2-1-3-5-7;2*7-4(5(11)12)2-1-3-10-6(8)9;3-1-2(4)5/h1-5,8H,6,10H2,(H,11,12);2*4H,1-3,7H2,(H,11,12)(H4,8,9,10);1,3H2,(H,4,5). The van der Waals surface area contributed by atoms with E-state index in [4.69, 9.17) is 59.9 Å². The molecule has 1 aromatic carbocycles. The third-order valence-corrected chi connectivity index (χ3v) is 4.44. The molecule has 3 unspecified atom stereocenters. The molecule has 0 saturated heterocycles. The van der Waals surface area contributed by atoms with E-state index >= 15 is 0 Å². The molecule has 0 fully saturated rings. The van der Waals surface area contributed by atoms with Crippen molar-refractivity contribution in [1.82, 2.24) is 10.6 Å². The number of nitrogens with one attached hydrogen (secondary N) is 4. The van der Waals surface area contributed by atoms with Crippen LogP contribution in [0.25, 0.3) is 0 Å². The summed E-state index contributed by atoms with van der Waals surface area (Å²) < 4.78 is 0.